The number of anilines is 2. The highest BCUT2D eigenvalue weighted by Gasteiger charge is 2.31. The first kappa shape index (κ1) is 26.1. The maximum atomic E-state index is 14.9. The zero-order valence-corrected chi connectivity index (χ0v) is 20.8. The number of nitrogens with zero attached hydrogens (tertiary/aromatic N) is 3. The minimum absolute atomic E-state index is 0.104. The highest BCUT2D eigenvalue weighted by Crippen LogP contribution is 2.30. The first-order valence-corrected chi connectivity index (χ1v) is 12.3. The number of likely N-dealkylation sites (tertiary alicyclic amines) is 1. The van der Waals surface area contributed by atoms with Crippen LogP contribution in [0.15, 0.2) is 42.7 Å². The van der Waals surface area contributed by atoms with Crippen molar-refractivity contribution in [1.29, 1.82) is 0 Å². The number of halogens is 5. The molecule has 2 N–H and O–H groups in total. The Kier molecular flexibility index (Phi) is 7.67. The lowest BCUT2D eigenvalue weighted by Gasteiger charge is -2.35. The van der Waals surface area contributed by atoms with Gasteiger partial charge in [-0.1, -0.05) is 23.5 Å². The molecule has 0 bridgehead atoms. The molecule has 3 heterocycles. The average molecular weight is 544 g/mol. The number of rotatable bonds is 8. The van der Waals surface area contributed by atoms with Crippen LogP contribution in [0, 0.1) is 5.82 Å². The Morgan fingerprint density at radius 2 is 1.94 bits per heavy atom. The van der Waals surface area contributed by atoms with Crippen molar-refractivity contribution in [3.63, 3.8) is 0 Å². The van der Waals surface area contributed by atoms with E-state index in [0.29, 0.717) is 29.5 Å². The largest absolute Gasteiger partial charge is 0.486 e. The molecule has 4 rings (SSSR count). The first-order chi connectivity index (χ1) is 17.0. The molecule has 2 aromatic heterocycles. The van der Waals surface area contributed by atoms with Crippen LogP contribution in [0.3, 0.4) is 0 Å². The number of carbonyl (C=O) groups excluding carboxylic acids is 1. The molecule has 3 aromatic rings. The van der Waals surface area contributed by atoms with Crippen molar-refractivity contribution in [2.45, 2.75) is 18.8 Å². The molecule has 1 aromatic carbocycles. The molecule has 0 saturated carbocycles. The van der Waals surface area contributed by atoms with Crippen LogP contribution >= 0.6 is 23.5 Å². The summed E-state index contributed by atoms with van der Waals surface area (Å²) in [5.41, 5.74) is 0.336. The van der Waals surface area contributed by atoms with Crippen molar-refractivity contribution < 1.29 is 27.1 Å². The second kappa shape index (κ2) is 10.6. The molecule has 1 saturated heterocycles. The molecule has 7 nitrogen and oxygen atoms in total. The first-order valence-electron chi connectivity index (χ1n) is 10.7. The number of hydrogen-bond donors (Lipinski definition) is 2. The summed E-state index contributed by atoms with van der Waals surface area (Å²) in [7, 11) is 1.91. The summed E-state index contributed by atoms with van der Waals surface area (Å²) in [6.07, 6.45) is -0.637. The predicted molar refractivity (Wildman–Crippen MR) is 132 cm³/mol. The minimum Gasteiger partial charge on any atom is -0.486 e. The third kappa shape index (κ3) is 6.42. The third-order valence-electron chi connectivity index (χ3n) is 5.28. The number of likely N-dealkylation sites (N-methyl/N-ethyl adjacent to an activating group) is 1. The van der Waals surface area contributed by atoms with E-state index in [4.69, 9.17) is 16.3 Å². The quantitative estimate of drug-likeness (QED) is 0.287. The second-order valence-corrected chi connectivity index (χ2v) is 9.36. The maximum absolute atomic E-state index is 14.9. The molecule has 36 heavy (non-hydrogen) atoms. The normalized spacial score (nSPS) is 14.4. The van der Waals surface area contributed by atoms with Gasteiger partial charge in [-0.05, 0) is 31.3 Å². The number of nitrogens with one attached hydrogen (secondary N) is 2. The van der Waals surface area contributed by atoms with Crippen molar-refractivity contribution >= 4 is 40.8 Å². The van der Waals surface area contributed by atoms with Crippen molar-refractivity contribution in [3.8, 4) is 17.1 Å². The molecule has 0 spiro atoms. The lowest BCUT2D eigenvalue weighted by molar-refractivity contribution is -0.140. The Morgan fingerprint density at radius 3 is 2.58 bits per heavy atom. The van der Waals surface area contributed by atoms with Crippen LogP contribution in [0.2, 0.25) is 5.02 Å². The number of hydrogen-bond acceptors (Lipinski definition) is 6. The van der Waals surface area contributed by atoms with E-state index in [9.17, 15) is 22.4 Å². The summed E-state index contributed by atoms with van der Waals surface area (Å²) in [5.74, 6) is -1.38. The van der Waals surface area contributed by atoms with Crippen molar-refractivity contribution in [1.82, 2.24) is 14.5 Å². The predicted octanol–water partition coefficient (Wildman–Crippen LogP) is 5.54. The van der Waals surface area contributed by atoms with Gasteiger partial charge in [0.15, 0.2) is 5.82 Å². The van der Waals surface area contributed by atoms with Crippen molar-refractivity contribution in [3.05, 3.63) is 59.1 Å². The highest BCUT2D eigenvalue weighted by molar-refractivity contribution is 7.99. The smallest absolute Gasteiger partial charge is 0.406 e. The van der Waals surface area contributed by atoms with E-state index in [1.54, 1.807) is 12.1 Å². The van der Waals surface area contributed by atoms with Gasteiger partial charge < -0.3 is 19.3 Å². The molecule has 1 aliphatic rings. The molecule has 1 aliphatic heterocycles. The van der Waals surface area contributed by atoms with E-state index in [-0.39, 0.29) is 28.8 Å². The summed E-state index contributed by atoms with van der Waals surface area (Å²) in [6.45, 7) is -0.0716. The Hall–Kier alpha value is -2.96. The number of pyridine rings is 1. The molecule has 192 valence electrons. The second-order valence-electron chi connectivity index (χ2n) is 8.31. The van der Waals surface area contributed by atoms with Gasteiger partial charge in [-0.15, -0.1) is 0 Å². The zero-order chi connectivity index (χ0) is 26.0. The minimum atomic E-state index is -4.61. The molecule has 1 fully saturated rings. The van der Waals surface area contributed by atoms with Crippen molar-refractivity contribution in [2.75, 3.05) is 36.4 Å². The summed E-state index contributed by atoms with van der Waals surface area (Å²) >= 11 is 7.41. The zero-order valence-electron chi connectivity index (χ0n) is 19.2. The number of carbonyl (C=O) groups is 1. The molecule has 0 unspecified atom stereocenters. The van der Waals surface area contributed by atoms with Gasteiger partial charge >= 0.3 is 6.18 Å². The van der Waals surface area contributed by atoms with E-state index in [2.05, 4.69) is 15.0 Å². The standard InChI is InChI=1S/C23H22ClF4N5O2S/c1-32-10-18(11-32)35-17-7-19(25)21(29-8-17)20-3-13(9-33(20)12-23(26,27)28)22(34)30-15-4-14(24)5-16(6-15)31-36-2/h3-9,18,31H,10-12H2,1-2H3,(H,30,34). The van der Waals surface area contributed by atoms with Crippen LogP contribution in [0.25, 0.3) is 11.4 Å². The van der Waals surface area contributed by atoms with E-state index in [1.807, 2.05) is 18.2 Å². The van der Waals surface area contributed by atoms with E-state index in [1.165, 1.54) is 30.3 Å². The fraction of sp³-hybridized carbons (Fsp3) is 0.304. The lowest BCUT2D eigenvalue weighted by atomic mass is 10.2. The van der Waals surface area contributed by atoms with E-state index >= 15 is 0 Å². The van der Waals surface area contributed by atoms with Gasteiger partial charge in [-0.2, -0.15) is 13.2 Å². The van der Waals surface area contributed by atoms with E-state index in [0.717, 1.165) is 16.8 Å². The summed E-state index contributed by atoms with van der Waals surface area (Å²) in [6, 6.07) is 7.01. The number of amides is 1. The summed E-state index contributed by atoms with van der Waals surface area (Å²) < 4.78 is 64.1. The lowest BCUT2D eigenvalue weighted by Crippen LogP contribution is -2.51. The van der Waals surface area contributed by atoms with Gasteiger partial charge in [0, 0.05) is 48.0 Å². The highest BCUT2D eigenvalue weighted by atomic mass is 35.5. The monoisotopic (exact) mass is 543 g/mol. The topological polar surface area (TPSA) is 71.4 Å². The Bertz CT molecular complexity index is 1260. The number of ether oxygens (including phenoxy) is 1. The Morgan fingerprint density at radius 1 is 1.22 bits per heavy atom. The maximum Gasteiger partial charge on any atom is 0.406 e. The number of alkyl halides is 3. The molecule has 0 radical (unpaired) electrons. The van der Waals surface area contributed by atoms with Gasteiger partial charge in [0.05, 0.1) is 17.5 Å². The Balaban J connectivity index is 1.61. The summed E-state index contributed by atoms with van der Waals surface area (Å²) in [5, 5.41) is 2.96. The van der Waals surface area contributed by atoms with E-state index < -0.39 is 24.4 Å². The average Bonchev–Trinajstić information content (AvgIpc) is 3.14. The molecular weight excluding hydrogens is 522 g/mol. The fourth-order valence-corrected chi connectivity index (χ4v) is 4.37. The van der Waals surface area contributed by atoms with Crippen LogP contribution in [0.1, 0.15) is 10.4 Å². The Labute approximate surface area is 213 Å². The molecule has 0 aliphatic carbocycles. The third-order valence-corrected chi connectivity index (χ3v) is 5.93. The van der Waals surface area contributed by atoms with Gasteiger partial charge in [-0.25, -0.2) is 9.37 Å². The molecule has 1 amide bonds. The van der Waals surface area contributed by atoms with Crippen LogP contribution in [-0.2, 0) is 6.54 Å². The van der Waals surface area contributed by atoms with Crippen LogP contribution < -0.4 is 14.8 Å². The SMILES string of the molecule is CSNc1cc(Cl)cc(NC(=O)c2cc(-c3ncc(OC4CN(C)C4)cc3F)n(CC(F)(F)F)c2)c1. The number of benzene rings is 1. The van der Waals surface area contributed by atoms with Crippen LogP contribution in [-0.4, -0.2) is 59.0 Å². The molecule has 13 heteroatoms. The van der Waals surface area contributed by atoms with Gasteiger partial charge in [0.1, 0.15) is 24.1 Å². The van der Waals surface area contributed by atoms with Gasteiger partial charge in [0.2, 0.25) is 0 Å². The molecular formula is C23H22ClF4N5O2S. The summed E-state index contributed by atoms with van der Waals surface area (Å²) in [4.78, 5) is 18.9. The fourth-order valence-electron chi connectivity index (χ4n) is 3.78. The number of aromatic nitrogens is 2. The molecule has 0 atom stereocenters. The van der Waals surface area contributed by atoms with Gasteiger partial charge in [0.25, 0.3) is 5.91 Å². The van der Waals surface area contributed by atoms with Gasteiger partial charge in [-0.3, -0.25) is 9.69 Å². The van der Waals surface area contributed by atoms with Crippen LogP contribution in [0.5, 0.6) is 5.75 Å². The van der Waals surface area contributed by atoms with Crippen LogP contribution in [0.4, 0.5) is 28.9 Å². The van der Waals surface area contributed by atoms with Crippen molar-refractivity contribution in [2.24, 2.45) is 0 Å².